The first-order chi connectivity index (χ1) is 14.4. The van der Waals surface area contributed by atoms with Gasteiger partial charge in [-0.25, -0.2) is 4.79 Å². The molecule has 0 aliphatic carbocycles. The average Bonchev–Trinajstić information content (AvgIpc) is 2.75. The summed E-state index contributed by atoms with van der Waals surface area (Å²) >= 11 is 5.12. The van der Waals surface area contributed by atoms with Crippen LogP contribution in [0.25, 0.3) is 0 Å². The molecule has 2 aromatic carbocycles. The third-order valence-corrected chi connectivity index (χ3v) is 4.45. The molecule has 158 valence electrons. The van der Waals surface area contributed by atoms with Gasteiger partial charge in [0.1, 0.15) is 0 Å². The van der Waals surface area contributed by atoms with Gasteiger partial charge in [0.2, 0.25) is 5.91 Å². The van der Waals surface area contributed by atoms with Gasteiger partial charge in [-0.3, -0.25) is 14.9 Å². The fraction of sp³-hybridized carbons (Fsp3) is 0.273. The van der Waals surface area contributed by atoms with Crippen molar-refractivity contribution in [1.29, 1.82) is 0 Å². The highest BCUT2D eigenvalue weighted by Crippen LogP contribution is 2.25. The number of hydrogen-bond donors (Lipinski definition) is 3. The minimum Gasteiger partial charge on any atom is -0.453 e. The zero-order valence-corrected chi connectivity index (χ0v) is 17.8. The number of carbonyl (C=O) groups excluding carboxylic acids is 3. The molecule has 7 nitrogen and oxygen atoms in total. The van der Waals surface area contributed by atoms with Gasteiger partial charge in [0.25, 0.3) is 0 Å². The Labute approximate surface area is 181 Å². The molecule has 0 heterocycles. The van der Waals surface area contributed by atoms with E-state index in [9.17, 15) is 14.4 Å². The number of thiocarbonyl (C=S) groups is 1. The van der Waals surface area contributed by atoms with Gasteiger partial charge in [-0.05, 0) is 36.8 Å². The van der Waals surface area contributed by atoms with Crippen LogP contribution in [-0.2, 0) is 9.53 Å². The molecule has 0 radical (unpaired) electrons. The summed E-state index contributed by atoms with van der Waals surface area (Å²) < 4.78 is 4.53. The smallest absolute Gasteiger partial charge is 0.413 e. The first kappa shape index (κ1) is 23.0. The zero-order chi connectivity index (χ0) is 21.9. The molecule has 0 saturated heterocycles. The minimum atomic E-state index is -0.728. The third kappa shape index (κ3) is 6.97. The van der Waals surface area contributed by atoms with E-state index in [2.05, 4.69) is 27.6 Å². The standard InChI is InChI=1S/C22H25N3O4S/c1-3-4-6-11-19(26)23-17-13-12-16(20(27)15-9-7-5-8-10-15)14-18(17)24-21(30)25-22(28)29-2/h5,7-10,12-14H,3-4,6,11H2,1-2H3,(H,23,26)(H2,24,25,28,30). The molecule has 2 rings (SSSR count). The van der Waals surface area contributed by atoms with Crippen molar-refractivity contribution in [2.75, 3.05) is 17.7 Å². The molecule has 30 heavy (non-hydrogen) atoms. The predicted octanol–water partition coefficient (Wildman–Crippen LogP) is 4.49. The lowest BCUT2D eigenvalue weighted by molar-refractivity contribution is -0.116. The second kappa shape index (κ2) is 11.7. The maximum atomic E-state index is 12.8. The van der Waals surface area contributed by atoms with E-state index in [4.69, 9.17) is 12.2 Å². The molecule has 0 unspecified atom stereocenters. The summed E-state index contributed by atoms with van der Waals surface area (Å²) in [6, 6.07) is 13.7. The van der Waals surface area contributed by atoms with E-state index in [1.54, 1.807) is 42.5 Å². The summed E-state index contributed by atoms with van der Waals surface area (Å²) in [6.07, 6.45) is 2.44. The Morgan fingerprint density at radius 2 is 1.67 bits per heavy atom. The monoisotopic (exact) mass is 427 g/mol. The van der Waals surface area contributed by atoms with Crippen molar-refractivity contribution in [3.8, 4) is 0 Å². The summed E-state index contributed by atoms with van der Waals surface area (Å²) in [5, 5.41) is 8.00. The number of hydrogen-bond acceptors (Lipinski definition) is 5. The van der Waals surface area contributed by atoms with Crippen LogP contribution in [0.3, 0.4) is 0 Å². The van der Waals surface area contributed by atoms with Crippen LogP contribution < -0.4 is 16.0 Å². The highest BCUT2D eigenvalue weighted by Gasteiger charge is 2.15. The van der Waals surface area contributed by atoms with Gasteiger partial charge in [0.05, 0.1) is 18.5 Å². The molecule has 0 bridgehead atoms. The highest BCUT2D eigenvalue weighted by atomic mass is 32.1. The van der Waals surface area contributed by atoms with E-state index in [0.717, 1.165) is 19.3 Å². The molecular formula is C22H25N3O4S. The number of ether oxygens (including phenoxy) is 1. The fourth-order valence-electron chi connectivity index (χ4n) is 2.70. The van der Waals surface area contributed by atoms with E-state index in [1.165, 1.54) is 7.11 Å². The lowest BCUT2D eigenvalue weighted by atomic mass is 10.0. The molecule has 0 aliphatic heterocycles. The van der Waals surface area contributed by atoms with Crippen LogP contribution in [0, 0.1) is 0 Å². The van der Waals surface area contributed by atoms with E-state index < -0.39 is 6.09 Å². The lowest BCUT2D eigenvalue weighted by Crippen LogP contribution is -2.34. The average molecular weight is 428 g/mol. The molecular weight excluding hydrogens is 402 g/mol. The van der Waals surface area contributed by atoms with Crippen LogP contribution in [0.2, 0.25) is 0 Å². The molecule has 0 atom stereocenters. The van der Waals surface area contributed by atoms with Gasteiger partial charge in [-0.15, -0.1) is 0 Å². The van der Waals surface area contributed by atoms with Crippen LogP contribution in [0.4, 0.5) is 16.2 Å². The molecule has 2 aromatic rings. The van der Waals surface area contributed by atoms with E-state index >= 15 is 0 Å². The Morgan fingerprint density at radius 1 is 0.933 bits per heavy atom. The Hall–Kier alpha value is -3.26. The summed E-state index contributed by atoms with van der Waals surface area (Å²) in [7, 11) is 1.22. The number of alkyl carbamates (subject to hydrolysis) is 1. The van der Waals surface area contributed by atoms with Crippen molar-refractivity contribution < 1.29 is 19.1 Å². The van der Waals surface area contributed by atoms with Crippen molar-refractivity contribution in [3.05, 3.63) is 59.7 Å². The first-order valence-electron chi connectivity index (χ1n) is 9.64. The van der Waals surface area contributed by atoms with Gasteiger partial charge >= 0.3 is 6.09 Å². The Balaban J connectivity index is 2.26. The van der Waals surface area contributed by atoms with Crippen molar-refractivity contribution in [3.63, 3.8) is 0 Å². The van der Waals surface area contributed by atoms with Crippen molar-refractivity contribution in [1.82, 2.24) is 5.32 Å². The number of methoxy groups -OCH3 is 1. The van der Waals surface area contributed by atoms with Gasteiger partial charge < -0.3 is 15.4 Å². The normalized spacial score (nSPS) is 10.1. The zero-order valence-electron chi connectivity index (χ0n) is 17.0. The summed E-state index contributed by atoms with van der Waals surface area (Å²) in [4.78, 5) is 36.4. The number of amides is 2. The van der Waals surface area contributed by atoms with Gasteiger partial charge in [0, 0.05) is 17.5 Å². The predicted molar refractivity (Wildman–Crippen MR) is 121 cm³/mol. The topological polar surface area (TPSA) is 96.5 Å². The fourth-order valence-corrected chi connectivity index (χ4v) is 2.89. The minimum absolute atomic E-state index is 0.0207. The van der Waals surface area contributed by atoms with Gasteiger partial charge in [-0.2, -0.15) is 0 Å². The molecule has 0 aliphatic rings. The first-order valence-corrected chi connectivity index (χ1v) is 10.0. The van der Waals surface area contributed by atoms with Crippen LogP contribution in [0.5, 0.6) is 0 Å². The molecule has 0 fully saturated rings. The van der Waals surface area contributed by atoms with Crippen LogP contribution >= 0.6 is 12.2 Å². The highest BCUT2D eigenvalue weighted by molar-refractivity contribution is 7.80. The lowest BCUT2D eigenvalue weighted by Gasteiger charge is -2.15. The number of unbranched alkanes of at least 4 members (excludes halogenated alkanes) is 2. The molecule has 0 spiro atoms. The van der Waals surface area contributed by atoms with E-state index in [-0.39, 0.29) is 16.8 Å². The molecule has 0 aromatic heterocycles. The van der Waals surface area contributed by atoms with Gasteiger partial charge in [0.15, 0.2) is 10.9 Å². The number of anilines is 2. The summed E-state index contributed by atoms with van der Waals surface area (Å²) in [5.41, 5.74) is 1.79. The maximum Gasteiger partial charge on any atom is 0.413 e. The summed E-state index contributed by atoms with van der Waals surface area (Å²) in [6.45, 7) is 2.07. The van der Waals surface area contributed by atoms with Crippen LogP contribution in [0.15, 0.2) is 48.5 Å². The molecule has 0 saturated carbocycles. The summed E-state index contributed by atoms with van der Waals surface area (Å²) in [5.74, 6) is -0.313. The second-order valence-corrected chi connectivity index (χ2v) is 6.94. The van der Waals surface area contributed by atoms with Crippen molar-refractivity contribution in [2.24, 2.45) is 0 Å². The van der Waals surface area contributed by atoms with E-state index in [1.807, 2.05) is 6.07 Å². The third-order valence-electron chi connectivity index (χ3n) is 4.25. The largest absolute Gasteiger partial charge is 0.453 e. The van der Waals surface area contributed by atoms with Crippen LogP contribution in [-0.4, -0.2) is 30.0 Å². The maximum absolute atomic E-state index is 12.8. The van der Waals surface area contributed by atoms with Crippen LogP contribution in [0.1, 0.15) is 48.5 Å². The van der Waals surface area contributed by atoms with Gasteiger partial charge in [-0.1, -0.05) is 50.1 Å². The Morgan fingerprint density at radius 3 is 2.33 bits per heavy atom. The number of ketones is 1. The Bertz CT molecular complexity index is 916. The second-order valence-electron chi connectivity index (χ2n) is 6.53. The number of carbonyl (C=O) groups is 3. The molecule has 2 amide bonds. The molecule has 8 heteroatoms. The van der Waals surface area contributed by atoms with Crippen molar-refractivity contribution >= 4 is 46.5 Å². The number of benzene rings is 2. The van der Waals surface area contributed by atoms with E-state index in [0.29, 0.717) is 28.9 Å². The number of nitrogens with one attached hydrogen (secondary N) is 3. The number of rotatable bonds is 8. The van der Waals surface area contributed by atoms with Crippen molar-refractivity contribution in [2.45, 2.75) is 32.6 Å². The SMILES string of the molecule is CCCCCC(=O)Nc1ccc(C(=O)c2ccccc2)cc1NC(=S)NC(=O)OC. The Kier molecular flexibility index (Phi) is 8.96. The molecule has 3 N–H and O–H groups in total. The quantitative estimate of drug-likeness (QED) is 0.326.